The number of hydrogen-bond donors (Lipinski definition) is 2. The van der Waals surface area contributed by atoms with Gasteiger partial charge in [0.15, 0.2) is 0 Å². The molecule has 0 bridgehead atoms. The summed E-state index contributed by atoms with van der Waals surface area (Å²) in [5.74, 6) is -0.454. The molecular formula is C16H15ClN2O2S. The molecule has 0 unspecified atom stereocenters. The summed E-state index contributed by atoms with van der Waals surface area (Å²) in [6.45, 7) is 0. The highest BCUT2D eigenvalue weighted by atomic mass is 35.5. The molecule has 0 radical (unpaired) electrons. The summed E-state index contributed by atoms with van der Waals surface area (Å²) >= 11 is 7.54. The van der Waals surface area contributed by atoms with Crippen molar-refractivity contribution >= 4 is 39.8 Å². The van der Waals surface area contributed by atoms with E-state index in [2.05, 4.69) is 10.6 Å². The Morgan fingerprint density at radius 3 is 2.68 bits per heavy atom. The van der Waals surface area contributed by atoms with Gasteiger partial charge in [-0.3, -0.25) is 9.59 Å². The van der Waals surface area contributed by atoms with E-state index < -0.39 is 0 Å². The molecule has 2 aromatic rings. The van der Waals surface area contributed by atoms with Gasteiger partial charge < -0.3 is 10.6 Å². The number of anilines is 1. The summed E-state index contributed by atoms with van der Waals surface area (Å²) in [5, 5.41) is 6.50. The van der Waals surface area contributed by atoms with E-state index in [0.29, 0.717) is 21.2 Å². The summed E-state index contributed by atoms with van der Waals surface area (Å²) in [6.07, 6.45) is 2.91. The minimum Gasteiger partial charge on any atom is -0.355 e. The molecule has 1 aromatic carbocycles. The Labute approximate surface area is 137 Å². The fraction of sp³-hybridized carbons (Fsp3) is 0.250. The molecule has 1 aliphatic carbocycles. The minimum atomic E-state index is -0.296. The fourth-order valence-corrected chi connectivity index (χ4v) is 4.18. The first kappa shape index (κ1) is 15.1. The van der Waals surface area contributed by atoms with Gasteiger partial charge in [0.05, 0.1) is 16.1 Å². The minimum absolute atomic E-state index is 0.158. The smallest absolute Gasteiger partial charge is 0.257 e. The molecule has 6 heteroatoms. The first-order chi connectivity index (χ1) is 10.6. The van der Waals surface area contributed by atoms with Gasteiger partial charge in [0.25, 0.3) is 11.8 Å². The number of rotatable bonds is 3. The summed E-state index contributed by atoms with van der Waals surface area (Å²) in [5.41, 5.74) is 2.07. The van der Waals surface area contributed by atoms with Crippen LogP contribution < -0.4 is 10.6 Å². The highest BCUT2D eigenvalue weighted by Crippen LogP contribution is 2.39. The zero-order valence-electron chi connectivity index (χ0n) is 12.0. The van der Waals surface area contributed by atoms with Crippen LogP contribution in [-0.4, -0.2) is 18.9 Å². The van der Waals surface area contributed by atoms with Crippen molar-refractivity contribution in [3.8, 4) is 0 Å². The van der Waals surface area contributed by atoms with Crippen molar-refractivity contribution in [1.82, 2.24) is 5.32 Å². The summed E-state index contributed by atoms with van der Waals surface area (Å²) < 4.78 is 0. The van der Waals surface area contributed by atoms with Crippen molar-refractivity contribution in [2.24, 2.45) is 0 Å². The Hall–Kier alpha value is -1.85. The molecule has 0 atom stereocenters. The summed E-state index contributed by atoms with van der Waals surface area (Å²) in [7, 11) is 1.60. The second kappa shape index (κ2) is 6.10. The van der Waals surface area contributed by atoms with Gasteiger partial charge in [-0.2, -0.15) is 0 Å². The maximum absolute atomic E-state index is 12.4. The molecule has 1 aromatic heterocycles. The standard InChI is InChI=1S/C16H15ClN2O2S/c1-18-15(21)13-10-6-4-8-12(10)22-16(13)19-14(20)9-5-2-3-7-11(9)17/h2-3,5,7H,4,6,8H2,1H3,(H,18,21)(H,19,20). The van der Waals surface area contributed by atoms with Gasteiger partial charge in [0, 0.05) is 11.9 Å². The monoisotopic (exact) mass is 334 g/mol. The van der Waals surface area contributed by atoms with Crippen molar-refractivity contribution < 1.29 is 9.59 Å². The molecule has 0 saturated carbocycles. The van der Waals surface area contributed by atoms with Gasteiger partial charge in [-0.25, -0.2) is 0 Å². The Kier molecular flexibility index (Phi) is 4.18. The molecule has 114 valence electrons. The van der Waals surface area contributed by atoms with E-state index in [9.17, 15) is 9.59 Å². The van der Waals surface area contributed by atoms with Crippen LogP contribution in [-0.2, 0) is 12.8 Å². The maximum Gasteiger partial charge on any atom is 0.257 e. The molecule has 2 amide bonds. The molecule has 4 nitrogen and oxygen atoms in total. The number of carbonyl (C=O) groups is 2. The first-order valence-electron chi connectivity index (χ1n) is 7.04. The molecule has 1 heterocycles. The van der Waals surface area contributed by atoms with Crippen LogP contribution in [0.2, 0.25) is 5.02 Å². The molecular weight excluding hydrogens is 320 g/mol. The maximum atomic E-state index is 12.4. The van der Waals surface area contributed by atoms with Crippen LogP contribution in [0.25, 0.3) is 0 Å². The second-order valence-corrected chi connectivity index (χ2v) is 6.59. The van der Waals surface area contributed by atoms with E-state index in [4.69, 9.17) is 11.6 Å². The number of halogens is 1. The molecule has 1 aliphatic rings. The summed E-state index contributed by atoms with van der Waals surface area (Å²) in [4.78, 5) is 25.8. The van der Waals surface area contributed by atoms with Gasteiger partial charge >= 0.3 is 0 Å². The van der Waals surface area contributed by atoms with Crippen LogP contribution in [0, 0.1) is 0 Å². The number of nitrogens with one attached hydrogen (secondary N) is 2. The molecule has 0 saturated heterocycles. The lowest BCUT2D eigenvalue weighted by Crippen LogP contribution is -2.21. The predicted octanol–water partition coefficient (Wildman–Crippen LogP) is 3.50. The van der Waals surface area contributed by atoms with E-state index in [1.165, 1.54) is 16.2 Å². The third-order valence-electron chi connectivity index (χ3n) is 3.72. The third kappa shape index (κ3) is 2.62. The van der Waals surface area contributed by atoms with Crippen LogP contribution in [0.1, 0.15) is 37.6 Å². The van der Waals surface area contributed by atoms with E-state index in [1.54, 1.807) is 31.3 Å². The van der Waals surface area contributed by atoms with Crippen LogP contribution >= 0.6 is 22.9 Å². The Morgan fingerprint density at radius 2 is 1.95 bits per heavy atom. The highest BCUT2D eigenvalue weighted by molar-refractivity contribution is 7.17. The number of thiophene rings is 1. The third-order valence-corrected chi connectivity index (χ3v) is 5.26. The molecule has 3 rings (SSSR count). The van der Waals surface area contributed by atoms with Crippen molar-refractivity contribution in [3.63, 3.8) is 0 Å². The number of benzene rings is 1. The molecule has 0 fully saturated rings. The molecule has 0 aliphatic heterocycles. The highest BCUT2D eigenvalue weighted by Gasteiger charge is 2.27. The van der Waals surface area contributed by atoms with E-state index in [0.717, 1.165) is 24.8 Å². The van der Waals surface area contributed by atoms with E-state index in [1.807, 2.05) is 0 Å². The lowest BCUT2D eigenvalue weighted by molar-refractivity contribution is 0.0963. The fourth-order valence-electron chi connectivity index (χ4n) is 2.67. The number of fused-ring (bicyclic) bond motifs is 1. The summed E-state index contributed by atoms with van der Waals surface area (Å²) in [6, 6.07) is 6.87. The second-order valence-electron chi connectivity index (χ2n) is 5.07. The van der Waals surface area contributed by atoms with Crippen molar-refractivity contribution in [2.75, 3.05) is 12.4 Å². The number of hydrogen-bond acceptors (Lipinski definition) is 3. The van der Waals surface area contributed by atoms with Crippen LogP contribution in [0.5, 0.6) is 0 Å². The topological polar surface area (TPSA) is 58.2 Å². The number of aryl methyl sites for hydroxylation is 1. The van der Waals surface area contributed by atoms with Gasteiger partial charge in [0.2, 0.25) is 0 Å². The van der Waals surface area contributed by atoms with Gasteiger partial charge in [-0.15, -0.1) is 11.3 Å². The number of amides is 2. The normalized spacial score (nSPS) is 12.8. The number of carbonyl (C=O) groups excluding carboxylic acids is 2. The van der Waals surface area contributed by atoms with Crippen LogP contribution in [0.15, 0.2) is 24.3 Å². The van der Waals surface area contributed by atoms with Crippen molar-refractivity contribution in [3.05, 3.63) is 50.9 Å². The molecule has 22 heavy (non-hydrogen) atoms. The largest absolute Gasteiger partial charge is 0.355 e. The van der Waals surface area contributed by atoms with Crippen molar-refractivity contribution in [1.29, 1.82) is 0 Å². The van der Waals surface area contributed by atoms with Gasteiger partial charge in [-0.05, 0) is 37.0 Å². The SMILES string of the molecule is CNC(=O)c1c(NC(=O)c2ccccc2Cl)sc2c1CCC2. The Bertz CT molecular complexity index is 755. The lowest BCUT2D eigenvalue weighted by atomic mass is 10.1. The van der Waals surface area contributed by atoms with Gasteiger partial charge in [0.1, 0.15) is 5.00 Å². The zero-order chi connectivity index (χ0) is 15.7. The average Bonchev–Trinajstić information content (AvgIpc) is 3.07. The average molecular weight is 335 g/mol. The zero-order valence-corrected chi connectivity index (χ0v) is 13.6. The Morgan fingerprint density at radius 1 is 1.18 bits per heavy atom. The van der Waals surface area contributed by atoms with Crippen molar-refractivity contribution in [2.45, 2.75) is 19.3 Å². The van der Waals surface area contributed by atoms with E-state index >= 15 is 0 Å². The quantitative estimate of drug-likeness (QED) is 0.902. The van der Waals surface area contributed by atoms with Gasteiger partial charge in [-0.1, -0.05) is 23.7 Å². The molecule has 0 spiro atoms. The molecule has 2 N–H and O–H groups in total. The predicted molar refractivity (Wildman–Crippen MR) is 89.1 cm³/mol. The van der Waals surface area contributed by atoms with Crippen LogP contribution in [0.3, 0.4) is 0 Å². The lowest BCUT2D eigenvalue weighted by Gasteiger charge is -2.08. The first-order valence-corrected chi connectivity index (χ1v) is 8.23. The van der Waals surface area contributed by atoms with E-state index in [-0.39, 0.29) is 11.8 Å². The van der Waals surface area contributed by atoms with Crippen LogP contribution in [0.4, 0.5) is 5.00 Å². The Balaban J connectivity index is 1.95.